The van der Waals surface area contributed by atoms with E-state index in [1.165, 1.54) is 11.6 Å². The summed E-state index contributed by atoms with van der Waals surface area (Å²) in [6, 6.07) is 18.2. The quantitative estimate of drug-likeness (QED) is 0.583. The highest BCUT2D eigenvalue weighted by atomic mass is 35.5. The van der Waals surface area contributed by atoms with E-state index in [-0.39, 0.29) is 0 Å². The van der Waals surface area contributed by atoms with Gasteiger partial charge in [-0.15, -0.1) is 0 Å². The highest BCUT2D eigenvalue weighted by Crippen LogP contribution is 2.22. The molecule has 0 aliphatic carbocycles. The van der Waals surface area contributed by atoms with Crippen LogP contribution in [-0.4, -0.2) is 5.24 Å². The van der Waals surface area contributed by atoms with E-state index in [1.807, 2.05) is 49.4 Å². The summed E-state index contributed by atoms with van der Waals surface area (Å²) in [6.45, 7) is 1.87. The number of allylic oxidation sites excluding steroid dienone is 2. The summed E-state index contributed by atoms with van der Waals surface area (Å²) >= 11 is 5.33. The molecule has 2 heteroatoms. The zero-order valence-electron chi connectivity index (χ0n) is 10.1. The minimum Gasteiger partial charge on any atom is -0.276 e. The molecule has 0 aromatic heterocycles. The Morgan fingerprint density at radius 3 is 2.06 bits per heavy atom. The average Bonchev–Trinajstić information content (AvgIpc) is 2.39. The van der Waals surface area contributed by atoms with Crippen LogP contribution in [-0.2, 0) is 4.79 Å². The molecule has 2 aromatic carbocycles. The van der Waals surface area contributed by atoms with Crippen molar-refractivity contribution >= 4 is 22.4 Å². The molecular weight excluding hydrogens is 244 g/mol. The third kappa shape index (κ3) is 3.08. The van der Waals surface area contributed by atoms with Gasteiger partial charge in [-0.05, 0) is 40.8 Å². The summed E-state index contributed by atoms with van der Waals surface area (Å²) in [5, 5.41) is -0.445. The second-order valence-electron chi connectivity index (χ2n) is 4.07. The molecule has 0 saturated carbocycles. The van der Waals surface area contributed by atoms with Gasteiger partial charge in [-0.1, -0.05) is 54.6 Å². The summed E-state index contributed by atoms with van der Waals surface area (Å²) in [5.41, 5.74) is 4.21. The van der Waals surface area contributed by atoms with Gasteiger partial charge in [0.05, 0.1) is 0 Å². The van der Waals surface area contributed by atoms with Gasteiger partial charge in [0.25, 0.3) is 0 Å². The lowest BCUT2D eigenvalue weighted by Gasteiger charge is -2.04. The maximum atomic E-state index is 10.8. The predicted molar refractivity (Wildman–Crippen MR) is 76.4 cm³/mol. The van der Waals surface area contributed by atoms with Crippen LogP contribution in [0.15, 0.2) is 60.7 Å². The second kappa shape index (κ2) is 5.65. The summed E-state index contributed by atoms with van der Waals surface area (Å²) in [5.74, 6) is 0. The molecule has 0 saturated heterocycles. The van der Waals surface area contributed by atoms with Crippen LogP contribution in [0.25, 0.3) is 16.7 Å². The van der Waals surface area contributed by atoms with E-state index in [0.717, 1.165) is 16.7 Å². The van der Waals surface area contributed by atoms with Crippen molar-refractivity contribution in [2.24, 2.45) is 0 Å². The van der Waals surface area contributed by atoms with Crippen molar-refractivity contribution in [2.75, 3.05) is 0 Å². The Balaban J connectivity index is 2.29. The number of hydrogen-bond donors (Lipinski definition) is 0. The van der Waals surface area contributed by atoms with E-state index in [0.29, 0.717) is 0 Å². The first-order chi connectivity index (χ1) is 8.66. The van der Waals surface area contributed by atoms with Gasteiger partial charge in [0.2, 0.25) is 5.24 Å². The summed E-state index contributed by atoms with van der Waals surface area (Å²) in [6.07, 6.45) is 1.43. The lowest BCUT2D eigenvalue weighted by atomic mass is 10.0. The molecular formula is C16H13ClO. The van der Waals surface area contributed by atoms with Crippen molar-refractivity contribution in [3.63, 3.8) is 0 Å². The number of hydrogen-bond acceptors (Lipinski definition) is 1. The van der Waals surface area contributed by atoms with E-state index in [1.54, 1.807) is 0 Å². The van der Waals surface area contributed by atoms with Crippen LogP contribution in [0.4, 0.5) is 0 Å². The van der Waals surface area contributed by atoms with Crippen molar-refractivity contribution in [1.29, 1.82) is 0 Å². The molecule has 0 heterocycles. The predicted octanol–water partition coefficient (Wildman–Crippen LogP) is 4.52. The fraction of sp³-hybridized carbons (Fsp3) is 0.0625. The first kappa shape index (κ1) is 12.6. The highest BCUT2D eigenvalue weighted by molar-refractivity contribution is 6.67. The Hall–Kier alpha value is -1.86. The maximum Gasteiger partial charge on any atom is 0.245 e. The first-order valence-corrected chi connectivity index (χ1v) is 6.08. The number of halogens is 1. The van der Waals surface area contributed by atoms with Gasteiger partial charge in [0, 0.05) is 6.08 Å². The molecule has 90 valence electrons. The van der Waals surface area contributed by atoms with Crippen LogP contribution in [0.2, 0.25) is 0 Å². The second-order valence-corrected chi connectivity index (χ2v) is 4.45. The monoisotopic (exact) mass is 256 g/mol. The van der Waals surface area contributed by atoms with Crippen LogP contribution in [0, 0.1) is 0 Å². The average molecular weight is 257 g/mol. The molecule has 0 unspecified atom stereocenters. The SMILES string of the molecule is CC(=CC(=O)Cl)c1ccc(-c2ccccc2)cc1. The number of rotatable bonds is 3. The Morgan fingerprint density at radius 2 is 1.50 bits per heavy atom. The van der Waals surface area contributed by atoms with Crippen molar-refractivity contribution in [3.05, 3.63) is 66.2 Å². The first-order valence-electron chi connectivity index (χ1n) is 5.70. The number of benzene rings is 2. The molecule has 0 fully saturated rings. The molecule has 18 heavy (non-hydrogen) atoms. The molecule has 2 rings (SSSR count). The fourth-order valence-electron chi connectivity index (χ4n) is 1.81. The van der Waals surface area contributed by atoms with Gasteiger partial charge in [0.1, 0.15) is 0 Å². The molecule has 0 amide bonds. The normalized spacial score (nSPS) is 11.3. The largest absolute Gasteiger partial charge is 0.276 e. The topological polar surface area (TPSA) is 17.1 Å². The van der Waals surface area contributed by atoms with Crippen LogP contribution in [0.5, 0.6) is 0 Å². The van der Waals surface area contributed by atoms with Gasteiger partial charge in [-0.3, -0.25) is 4.79 Å². The third-order valence-electron chi connectivity index (χ3n) is 2.78. The van der Waals surface area contributed by atoms with Gasteiger partial charge in [-0.2, -0.15) is 0 Å². The number of carbonyl (C=O) groups is 1. The Kier molecular flexibility index (Phi) is 3.96. The van der Waals surface area contributed by atoms with Gasteiger partial charge in [0.15, 0.2) is 0 Å². The van der Waals surface area contributed by atoms with Gasteiger partial charge < -0.3 is 0 Å². The Bertz CT molecular complexity index is 568. The zero-order valence-corrected chi connectivity index (χ0v) is 10.8. The van der Waals surface area contributed by atoms with E-state index in [2.05, 4.69) is 12.1 Å². The number of carbonyl (C=O) groups excluding carboxylic acids is 1. The van der Waals surface area contributed by atoms with Crippen molar-refractivity contribution in [2.45, 2.75) is 6.92 Å². The molecule has 2 aromatic rings. The molecule has 1 nitrogen and oxygen atoms in total. The van der Waals surface area contributed by atoms with Crippen molar-refractivity contribution in [3.8, 4) is 11.1 Å². The smallest absolute Gasteiger partial charge is 0.245 e. The van der Waals surface area contributed by atoms with E-state index < -0.39 is 5.24 Å². The molecule has 0 atom stereocenters. The summed E-state index contributed by atoms with van der Waals surface area (Å²) < 4.78 is 0. The van der Waals surface area contributed by atoms with Crippen molar-refractivity contribution in [1.82, 2.24) is 0 Å². The minimum atomic E-state index is -0.445. The standard InChI is InChI=1S/C16H13ClO/c1-12(11-16(17)18)13-7-9-15(10-8-13)14-5-3-2-4-6-14/h2-11H,1H3. The maximum absolute atomic E-state index is 10.8. The fourth-order valence-corrected chi connectivity index (χ4v) is 1.97. The molecule has 0 radical (unpaired) electrons. The summed E-state index contributed by atoms with van der Waals surface area (Å²) in [7, 11) is 0. The van der Waals surface area contributed by atoms with Crippen LogP contribution < -0.4 is 0 Å². The highest BCUT2D eigenvalue weighted by Gasteiger charge is 2.00. The van der Waals surface area contributed by atoms with Gasteiger partial charge >= 0.3 is 0 Å². The third-order valence-corrected chi connectivity index (χ3v) is 2.89. The van der Waals surface area contributed by atoms with E-state index in [9.17, 15) is 4.79 Å². The van der Waals surface area contributed by atoms with Gasteiger partial charge in [-0.25, -0.2) is 0 Å². The lowest BCUT2D eigenvalue weighted by Crippen LogP contribution is -1.84. The molecule has 0 N–H and O–H groups in total. The van der Waals surface area contributed by atoms with Crippen molar-refractivity contribution < 1.29 is 4.79 Å². The zero-order chi connectivity index (χ0) is 13.0. The van der Waals surface area contributed by atoms with Crippen LogP contribution in [0.1, 0.15) is 12.5 Å². The Labute approximate surface area is 112 Å². The van der Waals surface area contributed by atoms with Crippen LogP contribution in [0.3, 0.4) is 0 Å². The van der Waals surface area contributed by atoms with E-state index in [4.69, 9.17) is 11.6 Å². The molecule has 0 aliphatic heterocycles. The minimum absolute atomic E-state index is 0.445. The molecule has 0 bridgehead atoms. The summed E-state index contributed by atoms with van der Waals surface area (Å²) in [4.78, 5) is 10.8. The molecule has 0 spiro atoms. The Morgan fingerprint density at radius 1 is 0.944 bits per heavy atom. The lowest BCUT2D eigenvalue weighted by molar-refractivity contribution is -0.107. The van der Waals surface area contributed by atoms with E-state index >= 15 is 0 Å². The molecule has 0 aliphatic rings. The van der Waals surface area contributed by atoms with Crippen LogP contribution >= 0.6 is 11.6 Å².